The molecule has 2 rings (SSSR count). The number of aliphatic carboxylic acids is 1. The Balaban J connectivity index is 2.58. The molecule has 5 nitrogen and oxygen atoms in total. The number of thioether (sulfide) groups is 1. The predicted octanol–water partition coefficient (Wildman–Crippen LogP) is 3.44. The Bertz CT molecular complexity index is 899. The first kappa shape index (κ1) is 19.3. The van der Waals surface area contributed by atoms with Gasteiger partial charge >= 0.3 is 12.1 Å². The Hall–Kier alpha value is -2.07. The molecule has 0 unspecified atom stereocenters. The van der Waals surface area contributed by atoms with Gasteiger partial charge in [-0.15, -0.1) is 11.8 Å². The van der Waals surface area contributed by atoms with Gasteiger partial charge in [0.1, 0.15) is 17.2 Å². The number of carboxylic acids is 1. The SMILES string of the molecule is Cn1nc(-c2cc(SCC(=O)O)c(Cl)cc2F)c(=O)cc1C(F)(F)F. The molecule has 0 saturated carbocycles. The van der Waals surface area contributed by atoms with Gasteiger partial charge in [0.2, 0.25) is 5.43 Å². The van der Waals surface area contributed by atoms with Crippen LogP contribution in [0.25, 0.3) is 11.3 Å². The van der Waals surface area contributed by atoms with Gasteiger partial charge in [0.15, 0.2) is 0 Å². The second-order valence-corrected chi connectivity index (χ2v) is 6.23. The Morgan fingerprint density at radius 1 is 1.36 bits per heavy atom. The normalized spacial score (nSPS) is 11.6. The molecule has 2 aromatic rings. The van der Waals surface area contributed by atoms with Crippen LogP contribution in [0.1, 0.15) is 5.69 Å². The van der Waals surface area contributed by atoms with E-state index in [1.54, 1.807) is 0 Å². The zero-order valence-electron chi connectivity index (χ0n) is 12.4. The summed E-state index contributed by atoms with van der Waals surface area (Å²) >= 11 is 6.60. The van der Waals surface area contributed by atoms with E-state index in [2.05, 4.69) is 5.10 Å². The Kier molecular flexibility index (Phi) is 5.43. The van der Waals surface area contributed by atoms with Crippen molar-refractivity contribution in [2.45, 2.75) is 11.1 Å². The lowest BCUT2D eigenvalue weighted by Crippen LogP contribution is -2.22. The first-order chi connectivity index (χ1) is 11.5. The Labute approximate surface area is 147 Å². The lowest BCUT2D eigenvalue weighted by Gasteiger charge is -2.13. The van der Waals surface area contributed by atoms with Crippen molar-refractivity contribution >= 4 is 29.3 Å². The van der Waals surface area contributed by atoms with Crippen molar-refractivity contribution in [3.63, 3.8) is 0 Å². The van der Waals surface area contributed by atoms with Crippen molar-refractivity contribution in [3.05, 3.63) is 45.0 Å². The second-order valence-electron chi connectivity index (χ2n) is 4.81. The van der Waals surface area contributed by atoms with Crippen LogP contribution < -0.4 is 5.43 Å². The third kappa shape index (κ3) is 4.31. The van der Waals surface area contributed by atoms with Crippen LogP contribution in [-0.4, -0.2) is 26.6 Å². The summed E-state index contributed by atoms with van der Waals surface area (Å²) in [7, 11) is 0.972. The molecule has 1 N–H and O–H groups in total. The molecule has 0 fully saturated rings. The Morgan fingerprint density at radius 2 is 2.00 bits per heavy atom. The molecule has 0 aliphatic heterocycles. The minimum atomic E-state index is -4.79. The van der Waals surface area contributed by atoms with Gasteiger partial charge in [-0.25, -0.2) is 4.39 Å². The minimum absolute atomic E-state index is 0.0868. The van der Waals surface area contributed by atoms with Gasteiger partial charge < -0.3 is 5.11 Å². The maximum Gasteiger partial charge on any atom is 0.433 e. The van der Waals surface area contributed by atoms with E-state index in [1.807, 2.05) is 0 Å². The maximum atomic E-state index is 14.1. The summed E-state index contributed by atoms with van der Waals surface area (Å²) in [6.07, 6.45) is -4.79. The average molecular weight is 397 g/mol. The van der Waals surface area contributed by atoms with E-state index in [-0.39, 0.29) is 21.2 Å². The fourth-order valence-electron chi connectivity index (χ4n) is 1.95. The maximum absolute atomic E-state index is 14.1. The summed E-state index contributed by atoms with van der Waals surface area (Å²) in [6, 6.07) is 2.25. The van der Waals surface area contributed by atoms with E-state index in [4.69, 9.17) is 16.7 Å². The fourth-order valence-corrected chi connectivity index (χ4v) is 2.94. The second kappa shape index (κ2) is 7.04. The molecule has 0 saturated heterocycles. The monoisotopic (exact) mass is 396 g/mol. The third-order valence-electron chi connectivity index (χ3n) is 3.02. The molecule has 25 heavy (non-hydrogen) atoms. The van der Waals surface area contributed by atoms with Crippen LogP contribution >= 0.6 is 23.4 Å². The molecule has 1 aromatic carbocycles. The summed E-state index contributed by atoms with van der Waals surface area (Å²) in [5.74, 6) is -2.48. The molecule has 1 heterocycles. The summed E-state index contributed by atoms with van der Waals surface area (Å²) < 4.78 is 52.9. The van der Waals surface area contributed by atoms with Gasteiger partial charge in [0.25, 0.3) is 0 Å². The van der Waals surface area contributed by atoms with Crippen molar-refractivity contribution in [1.82, 2.24) is 9.78 Å². The fraction of sp³-hybridized carbons (Fsp3) is 0.214. The van der Waals surface area contributed by atoms with Gasteiger partial charge in [-0.05, 0) is 12.1 Å². The van der Waals surface area contributed by atoms with E-state index in [0.717, 1.165) is 30.9 Å². The lowest BCUT2D eigenvalue weighted by atomic mass is 10.1. The van der Waals surface area contributed by atoms with E-state index in [9.17, 15) is 27.2 Å². The molecule has 0 bridgehead atoms. The standard InChI is InChI=1S/C14H9ClF4N2O3S/c1-21-11(14(17,18)19)4-9(22)13(20-21)6-2-10(25-5-12(23)24)7(15)3-8(6)16/h2-4H,5H2,1H3,(H,23,24). The largest absolute Gasteiger partial charge is 0.481 e. The van der Waals surface area contributed by atoms with Crippen LogP contribution in [0, 0.1) is 5.82 Å². The van der Waals surface area contributed by atoms with Crippen LogP contribution in [-0.2, 0) is 18.0 Å². The van der Waals surface area contributed by atoms with E-state index < -0.39 is 34.8 Å². The molecule has 11 heteroatoms. The summed E-state index contributed by atoms with van der Waals surface area (Å²) in [5, 5.41) is 12.1. The zero-order valence-corrected chi connectivity index (χ0v) is 14.0. The molecule has 134 valence electrons. The van der Waals surface area contributed by atoms with Crippen molar-refractivity contribution < 1.29 is 27.5 Å². The first-order valence-electron chi connectivity index (χ1n) is 6.50. The number of benzene rings is 1. The van der Waals surface area contributed by atoms with Gasteiger partial charge in [-0.2, -0.15) is 18.3 Å². The first-order valence-corrected chi connectivity index (χ1v) is 7.86. The Morgan fingerprint density at radius 3 is 2.56 bits per heavy atom. The smallest absolute Gasteiger partial charge is 0.433 e. The highest BCUT2D eigenvalue weighted by Crippen LogP contribution is 2.33. The number of hydrogen-bond donors (Lipinski definition) is 1. The number of rotatable bonds is 4. The van der Waals surface area contributed by atoms with Crippen LogP contribution in [0.3, 0.4) is 0 Å². The number of alkyl halides is 3. The number of aromatic nitrogens is 2. The van der Waals surface area contributed by atoms with Crippen molar-refractivity contribution in [2.75, 3.05) is 5.75 Å². The predicted molar refractivity (Wildman–Crippen MR) is 83.2 cm³/mol. The van der Waals surface area contributed by atoms with Crippen molar-refractivity contribution in [3.8, 4) is 11.3 Å². The van der Waals surface area contributed by atoms with E-state index in [0.29, 0.717) is 10.7 Å². The van der Waals surface area contributed by atoms with E-state index >= 15 is 0 Å². The molecular weight excluding hydrogens is 388 g/mol. The number of carboxylic acid groups (broad SMARTS) is 1. The molecular formula is C14H9ClF4N2O3S. The van der Waals surface area contributed by atoms with Crippen LogP contribution in [0.5, 0.6) is 0 Å². The molecule has 0 radical (unpaired) electrons. The molecule has 0 aliphatic carbocycles. The van der Waals surface area contributed by atoms with E-state index in [1.165, 1.54) is 0 Å². The molecule has 0 atom stereocenters. The topological polar surface area (TPSA) is 72.2 Å². The number of nitrogens with zero attached hydrogens (tertiary/aromatic N) is 2. The number of aryl methyl sites for hydroxylation is 1. The van der Waals surface area contributed by atoms with Crippen LogP contribution in [0.15, 0.2) is 27.9 Å². The molecule has 0 spiro atoms. The number of halogens is 5. The molecule has 0 aliphatic rings. The summed E-state index contributed by atoms with van der Waals surface area (Å²) in [5.41, 5.74) is -3.31. The highest BCUT2D eigenvalue weighted by atomic mass is 35.5. The van der Waals surface area contributed by atoms with Gasteiger partial charge in [-0.3, -0.25) is 14.3 Å². The van der Waals surface area contributed by atoms with Gasteiger partial charge in [-0.1, -0.05) is 11.6 Å². The van der Waals surface area contributed by atoms with Crippen LogP contribution in [0.2, 0.25) is 5.02 Å². The van der Waals surface area contributed by atoms with Crippen LogP contribution in [0.4, 0.5) is 17.6 Å². The average Bonchev–Trinajstić information content (AvgIpc) is 2.47. The van der Waals surface area contributed by atoms with Crippen molar-refractivity contribution in [2.24, 2.45) is 7.05 Å². The lowest BCUT2D eigenvalue weighted by molar-refractivity contribution is -0.144. The van der Waals surface area contributed by atoms with Gasteiger partial charge in [0, 0.05) is 23.6 Å². The summed E-state index contributed by atoms with van der Waals surface area (Å²) in [6.45, 7) is 0. The number of hydrogen-bond acceptors (Lipinski definition) is 4. The molecule has 1 aromatic heterocycles. The quantitative estimate of drug-likeness (QED) is 0.633. The third-order valence-corrected chi connectivity index (χ3v) is 4.48. The van der Waals surface area contributed by atoms with Gasteiger partial charge in [0.05, 0.1) is 10.8 Å². The highest BCUT2D eigenvalue weighted by Gasteiger charge is 2.34. The highest BCUT2D eigenvalue weighted by molar-refractivity contribution is 8.00. The zero-order chi connectivity index (χ0) is 18.9. The molecule has 0 amide bonds. The summed E-state index contributed by atoms with van der Waals surface area (Å²) in [4.78, 5) is 22.8. The number of carbonyl (C=O) groups is 1. The van der Waals surface area contributed by atoms with Crippen molar-refractivity contribution in [1.29, 1.82) is 0 Å². The minimum Gasteiger partial charge on any atom is -0.481 e.